The van der Waals surface area contributed by atoms with Crippen LogP contribution in [-0.2, 0) is 10.0 Å². The molecule has 0 aromatic heterocycles. The number of nitrogens with zero attached hydrogens (tertiary/aromatic N) is 1. The van der Waals surface area contributed by atoms with Crippen LogP contribution in [-0.4, -0.2) is 25.1 Å². The molecule has 2 aromatic carbocycles. The Hall–Kier alpha value is -2.52. The summed E-state index contributed by atoms with van der Waals surface area (Å²) in [7, 11) is -3.40. The Labute approximate surface area is 157 Å². The average Bonchev–Trinajstić information content (AvgIpc) is 2.60. The van der Waals surface area contributed by atoms with E-state index in [2.05, 4.69) is 4.72 Å². The van der Waals surface area contributed by atoms with E-state index in [1.165, 1.54) is 30.3 Å². The van der Waals surface area contributed by atoms with Crippen molar-refractivity contribution in [2.24, 2.45) is 0 Å². The first-order valence-corrected chi connectivity index (χ1v) is 9.89. The highest BCUT2D eigenvalue weighted by atomic mass is 32.2. The summed E-state index contributed by atoms with van der Waals surface area (Å²) in [6.07, 6.45) is 0. The molecule has 1 atom stereocenters. The van der Waals surface area contributed by atoms with Crippen LogP contribution in [0.1, 0.15) is 32.3 Å². The number of nitrogens with one attached hydrogen (secondary N) is 1. The van der Waals surface area contributed by atoms with Crippen LogP contribution in [0.2, 0.25) is 0 Å². The van der Waals surface area contributed by atoms with Crippen LogP contribution in [0.25, 0.3) is 11.1 Å². The molecule has 0 bridgehead atoms. The van der Waals surface area contributed by atoms with Crippen LogP contribution in [0, 0.1) is 15.9 Å². The van der Waals surface area contributed by atoms with Gasteiger partial charge in [0.05, 0.1) is 10.2 Å². The lowest BCUT2D eigenvalue weighted by molar-refractivity contribution is -0.383. The average molecular weight is 395 g/mol. The van der Waals surface area contributed by atoms with Gasteiger partial charge in [-0.25, -0.2) is 17.5 Å². The van der Waals surface area contributed by atoms with E-state index in [1.807, 2.05) is 0 Å². The first-order valence-electron chi connectivity index (χ1n) is 8.35. The summed E-state index contributed by atoms with van der Waals surface area (Å²) in [5.74, 6) is -0.798. The van der Waals surface area contributed by atoms with Gasteiger partial charge in [0.1, 0.15) is 11.5 Å². The maximum Gasteiger partial charge on any atom is 0.292 e. The molecule has 0 spiro atoms. The lowest BCUT2D eigenvalue weighted by Crippen LogP contribution is -2.33. The second-order valence-corrected chi connectivity index (χ2v) is 8.93. The van der Waals surface area contributed by atoms with Gasteiger partial charge in [-0.05, 0) is 43.0 Å². The Morgan fingerprint density at radius 3 is 2.41 bits per heavy atom. The van der Waals surface area contributed by atoms with Crippen LogP contribution >= 0.6 is 0 Å². The predicted molar refractivity (Wildman–Crippen MR) is 103 cm³/mol. The molecule has 2 aromatic rings. The van der Waals surface area contributed by atoms with Crippen LogP contribution < -0.4 is 10.5 Å². The molecule has 0 fully saturated rings. The largest absolute Gasteiger partial charge is 0.393 e. The Kier molecular flexibility index (Phi) is 6.17. The summed E-state index contributed by atoms with van der Waals surface area (Å²) in [6, 6.07) is 8.62. The van der Waals surface area contributed by atoms with Gasteiger partial charge in [0.2, 0.25) is 10.0 Å². The van der Waals surface area contributed by atoms with E-state index in [0.717, 1.165) is 0 Å². The van der Waals surface area contributed by atoms with Gasteiger partial charge in [0, 0.05) is 18.2 Å². The van der Waals surface area contributed by atoms with Gasteiger partial charge in [0.15, 0.2) is 0 Å². The molecule has 0 aliphatic carbocycles. The van der Waals surface area contributed by atoms with Gasteiger partial charge in [-0.15, -0.1) is 0 Å². The summed E-state index contributed by atoms with van der Waals surface area (Å²) in [5, 5.41) is 10.5. The third kappa shape index (κ3) is 4.81. The van der Waals surface area contributed by atoms with Gasteiger partial charge >= 0.3 is 0 Å². The highest BCUT2D eigenvalue weighted by molar-refractivity contribution is 7.90. The molecule has 9 heteroatoms. The normalized spacial score (nSPS) is 12.9. The van der Waals surface area contributed by atoms with Crippen LogP contribution in [0.4, 0.5) is 15.8 Å². The van der Waals surface area contributed by atoms with Crippen LogP contribution in [0.3, 0.4) is 0 Å². The second kappa shape index (κ2) is 8.01. The minimum Gasteiger partial charge on any atom is -0.393 e. The fourth-order valence-electron chi connectivity index (χ4n) is 2.47. The number of nitrogen functional groups attached to an aromatic ring is 1. The van der Waals surface area contributed by atoms with E-state index in [4.69, 9.17) is 5.73 Å². The molecule has 0 aliphatic rings. The first-order chi connectivity index (χ1) is 12.5. The Balaban J connectivity index is 2.25. The number of benzene rings is 2. The van der Waals surface area contributed by atoms with Crippen LogP contribution in [0.15, 0.2) is 36.4 Å². The van der Waals surface area contributed by atoms with E-state index in [9.17, 15) is 22.9 Å². The van der Waals surface area contributed by atoms with Gasteiger partial charge in [-0.3, -0.25) is 10.1 Å². The molecule has 0 saturated carbocycles. The summed E-state index contributed by atoms with van der Waals surface area (Å²) in [4.78, 5) is 10.4. The van der Waals surface area contributed by atoms with Crippen LogP contribution in [0.5, 0.6) is 0 Å². The van der Waals surface area contributed by atoms with Crippen molar-refractivity contribution in [2.45, 2.75) is 31.9 Å². The quantitative estimate of drug-likeness (QED) is 0.423. The summed E-state index contributed by atoms with van der Waals surface area (Å²) in [6.45, 7) is 5.08. The third-order valence-corrected chi connectivity index (χ3v) is 6.12. The molecule has 2 rings (SSSR count). The number of hydrogen-bond donors (Lipinski definition) is 2. The van der Waals surface area contributed by atoms with Crippen molar-refractivity contribution in [3.05, 3.63) is 57.9 Å². The molecule has 0 heterocycles. The Bertz CT molecular complexity index is 961. The number of nitro groups is 1. The molecular formula is C18H22FN3O4S. The first kappa shape index (κ1) is 20.8. The maximum atomic E-state index is 14.6. The highest BCUT2D eigenvalue weighted by Gasteiger charge is 2.19. The van der Waals surface area contributed by atoms with Gasteiger partial charge in [-0.2, -0.15) is 0 Å². The number of anilines is 1. The van der Waals surface area contributed by atoms with Gasteiger partial charge in [0.25, 0.3) is 5.69 Å². The second-order valence-electron chi connectivity index (χ2n) is 6.61. The fraction of sp³-hybridized carbons (Fsp3) is 0.333. The van der Waals surface area contributed by atoms with E-state index in [1.54, 1.807) is 26.8 Å². The number of hydrogen-bond acceptors (Lipinski definition) is 5. The van der Waals surface area contributed by atoms with E-state index < -0.39 is 26.0 Å². The molecular weight excluding hydrogens is 373 g/mol. The monoisotopic (exact) mass is 395 g/mol. The summed E-state index contributed by atoms with van der Waals surface area (Å²) in [5.41, 5.74) is 6.45. The van der Waals surface area contributed by atoms with Crippen molar-refractivity contribution in [1.29, 1.82) is 0 Å². The predicted octanol–water partition coefficient (Wildman–Crippen LogP) is 3.41. The molecule has 0 amide bonds. The Morgan fingerprint density at radius 2 is 1.85 bits per heavy atom. The van der Waals surface area contributed by atoms with Crippen molar-refractivity contribution < 1.29 is 17.7 Å². The smallest absolute Gasteiger partial charge is 0.292 e. The minimum atomic E-state index is -3.40. The number of sulfonamides is 1. The number of halogens is 1. The zero-order valence-corrected chi connectivity index (χ0v) is 16.1. The number of nitro benzene ring substituents is 1. The molecule has 27 heavy (non-hydrogen) atoms. The van der Waals surface area contributed by atoms with Crippen molar-refractivity contribution in [3.63, 3.8) is 0 Å². The Morgan fingerprint density at radius 1 is 1.19 bits per heavy atom. The third-order valence-electron chi connectivity index (χ3n) is 4.31. The number of nitrogens with two attached hydrogens (primary N) is 1. The van der Waals surface area contributed by atoms with Gasteiger partial charge in [-0.1, -0.05) is 25.1 Å². The summed E-state index contributed by atoms with van der Waals surface area (Å²) < 4.78 is 40.8. The van der Waals surface area contributed by atoms with Crippen molar-refractivity contribution >= 4 is 21.4 Å². The standard InChI is InChI=1S/C18H22FN3O4S/c1-11(2)27(25,26)21-10-12(3)13-4-6-15(16(19)8-13)14-5-7-17(20)18(9-14)22(23)24/h4-9,11-12,21H,10,20H2,1-3H3. The zero-order chi connectivity index (χ0) is 20.4. The molecule has 146 valence electrons. The van der Waals surface area contributed by atoms with E-state index in [0.29, 0.717) is 11.1 Å². The summed E-state index contributed by atoms with van der Waals surface area (Å²) >= 11 is 0. The van der Waals surface area contributed by atoms with E-state index in [-0.39, 0.29) is 29.4 Å². The van der Waals surface area contributed by atoms with Crippen molar-refractivity contribution in [2.75, 3.05) is 12.3 Å². The minimum absolute atomic E-state index is 0.00633. The number of rotatable bonds is 7. The van der Waals surface area contributed by atoms with Gasteiger partial charge < -0.3 is 5.73 Å². The SMILES string of the molecule is CC(CNS(=O)(=O)C(C)C)c1ccc(-c2ccc(N)c([N+](=O)[O-])c2)c(F)c1. The van der Waals surface area contributed by atoms with Crippen molar-refractivity contribution in [1.82, 2.24) is 4.72 Å². The molecule has 3 N–H and O–H groups in total. The lowest BCUT2D eigenvalue weighted by atomic mass is 9.96. The zero-order valence-electron chi connectivity index (χ0n) is 15.3. The molecule has 0 radical (unpaired) electrons. The lowest BCUT2D eigenvalue weighted by Gasteiger charge is -2.16. The molecule has 0 aliphatic heterocycles. The molecule has 7 nitrogen and oxygen atoms in total. The molecule has 1 unspecified atom stereocenters. The highest BCUT2D eigenvalue weighted by Crippen LogP contribution is 2.31. The van der Waals surface area contributed by atoms with Crippen molar-refractivity contribution in [3.8, 4) is 11.1 Å². The van der Waals surface area contributed by atoms with E-state index >= 15 is 0 Å². The maximum absolute atomic E-state index is 14.6. The molecule has 0 saturated heterocycles. The fourth-order valence-corrected chi connectivity index (χ4v) is 3.28. The topological polar surface area (TPSA) is 115 Å².